The van der Waals surface area contributed by atoms with Crippen molar-refractivity contribution in [1.82, 2.24) is 10.1 Å². The molecule has 1 aliphatic heterocycles. The number of aromatic nitrogens is 2. The van der Waals surface area contributed by atoms with Crippen molar-refractivity contribution >= 4 is 17.5 Å². The molecule has 0 amide bonds. The van der Waals surface area contributed by atoms with Gasteiger partial charge in [-0.15, -0.1) is 11.8 Å². The highest BCUT2D eigenvalue weighted by Gasteiger charge is 2.22. The number of hydrogen-bond donors (Lipinski definition) is 0. The van der Waals surface area contributed by atoms with Crippen LogP contribution >= 0.6 is 11.8 Å². The van der Waals surface area contributed by atoms with Crippen molar-refractivity contribution in [3.05, 3.63) is 11.7 Å². The average Bonchev–Trinajstić information content (AvgIpc) is 2.68. The van der Waals surface area contributed by atoms with Crippen LogP contribution in [0.2, 0.25) is 0 Å². The van der Waals surface area contributed by atoms with Crippen LogP contribution in [0.4, 0.5) is 0 Å². The average molecular weight is 212 g/mol. The van der Waals surface area contributed by atoms with Gasteiger partial charge in [0.25, 0.3) is 0 Å². The van der Waals surface area contributed by atoms with Crippen molar-refractivity contribution < 1.29 is 9.32 Å². The Bertz CT molecular complexity index is 331. The zero-order valence-electron chi connectivity index (χ0n) is 8.02. The summed E-state index contributed by atoms with van der Waals surface area (Å²) in [5.74, 6) is 1.81. The van der Waals surface area contributed by atoms with Crippen LogP contribution in [0.1, 0.15) is 47.9 Å². The molecule has 1 aliphatic rings. The Kier molecular flexibility index (Phi) is 2.86. The van der Waals surface area contributed by atoms with E-state index in [2.05, 4.69) is 10.1 Å². The number of hydrogen-bond acceptors (Lipinski definition) is 5. The maximum Gasteiger partial charge on any atom is 0.240 e. The summed E-state index contributed by atoms with van der Waals surface area (Å²) in [6.45, 7) is 1.45. The molecule has 76 valence electrons. The molecule has 1 aromatic rings. The molecule has 0 spiro atoms. The highest BCUT2D eigenvalue weighted by Crippen LogP contribution is 2.37. The number of carbonyl (C=O) groups excluding carboxylic acids is 1. The first kappa shape index (κ1) is 9.71. The number of Topliss-reactive ketones (excluding diaryl/α,β-unsaturated/α-hetero) is 1. The SMILES string of the molecule is CC(=O)c1noc(C2CCCCS2)n1. The molecule has 1 fully saturated rings. The van der Waals surface area contributed by atoms with Gasteiger partial charge in [-0.25, -0.2) is 0 Å². The van der Waals surface area contributed by atoms with E-state index in [4.69, 9.17) is 4.52 Å². The Morgan fingerprint density at radius 2 is 2.43 bits per heavy atom. The minimum Gasteiger partial charge on any atom is -0.338 e. The molecular formula is C9H12N2O2S. The van der Waals surface area contributed by atoms with Crippen LogP contribution in [0.15, 0.2) is 4.52 Å². The molecule has 2 heterocycles. The fraction of sp³-hybridized carbons (Fsp3) is 0.667. The predicted octanol–water partition coefficient (Wildman–Crippen LogP) is 2.23. The summed E-state index contributed by atoms with van der Waals surface area (Å²) in [6.07, 6.45) is 3.54. The Balaban J connectivity index is 2.11. The maximum absolute atomic E-state index is 10.9. The van der Waals surface area contributed by atoms with Gasteiger partial charge < -0.3 is 4.52 Å². The standard InChI is InChI=1S/C9H12N2O2S/c1-6(12)8-10-9(13-11-8)7-4-2-3-5-14-7/h7H,2-5H2,1H3. The summed E-state index contributed by atoms with van der Waals surface area (Å²) >= 11 is 1.83. The van der Waals surface area contributed by atoms with Crippen LogP contribution in [0.3, 0.4) is 0 Å². The second kappa shape index (κ2) is 4.13. The third-order valence-electron chi connectivity index (χ3n) is 2.21. The van der Waals surface area contributed by atoms with Gasteiger partial charge in [-0.05, 0) is 18.6 Å². The molecule has 5 heteroatoms. The second-order valence-corrected chi connectivity index (χ2v) is 4.68. The van der Waals surface area contributed by atoms with Crippen LogP contribution in [0.25, 0.3) is 0 Å². The van der Waals surface area contributed by atoms with Gasteiger partial charge in [0.15, 0.2) is 0 Å². The third kappa shape index (κ3) is 1.97. The van der Waals surface area contributed by atoms with Crippen molar-refractivity contribution in [2.24, 2.45) is 0 Å². The zero-order valence-corrected chi connectivity index (χ0v) is 8.84. The fourth-order valence-electron chi connectivity index (χ4n) is 1.44. The molecule has 0 N–H and O–H groups in total. The van der Waals surface area contributed by atoms with Gasteiger partial charge in [-0.2, -0.15) is 4.98 Å². The lowest BCUT2D eigenvalue weighted by molar-refractivity contribution is 0.100. The zero-order chi connectivity index (χ0) is 9.97. The second-order valence-electron chi connectivity index (χ2n) is 3.37. The Hall–Kier alpha value is -0.840. The summed E-state index contributed by atoms with van der Waals surface area (Å²) in [5.41, 5.74) is 0. The molecule has 4 nitrogen and oxygen atoms in total. The Labute approximate surface area is 86.4 Å². The van der Waals surface area contributed by atoms with Crippen molar-refractivity contribution in [3.63, 3.8) is 0 Å². The number of nitrogens with zero attached hydrogens (tertiary/aromatic N) is 2. The van der Waals surface area contributed by atoms with Crippen LogP contribution in [-0.2, 0) is 0 Å². The van der Waals surface area contributed by atoms with Gasteiger partial charge in [0.1, 0.15) is 0 Å². The first-order chi connectivity index (χ1) is 6.77. The molecule has 14 heavy (non-hydrogen) atoms. The van der Waals surface area contributed by atoms with Gasteiger partial charge in [0, 0.05) is 6.92 Å². The van der Waals surface area contributed by atoms with Gasteiger partial charge in [-0.3, -0.25) is 4.79 Å². The number of carbonyl (C=O) groups is 1. The van der Waals surface area contributed by atoms with Gasteiger partial charge in [-0.1, -0.05) is 11.6 Å². The lowest BCUT2D eigenvalue weighted by Crippen LogP contribution is -2.03. The molecule has 0 radical (unpaired) electrons. The van der Waals surface area contributed by atoms with Gasteiger partial charge in [0.2, 0.25) is 17.5 Å². The molecule has 1 atom stereocenters. The summed E-state index contributed by atoms with van der Waals surface area (Å²) in [4.78, 5) is 15.0. The monoisotopic (exact) mass is 212 g/mol. The first-order valence-corrected chi connectivity index (χ1v) is 5.78. The Morgan fingerprint density at radius 3 is 3.00 bits per heavy atom. The molecule has 0 bridgehead atoms. The summed E-state index contributed by atoms with van der Waals surface area (Å²) < 4.78 is 5.06. The van der Waals surface area contributed by atoms with E-state index in [0.29, 0.717) is 11.1 Å². The van der Waals surface area contributed by atoms with E-state index in [1.165, 1.54) is 19.8 Å². The van der Waals surface area contributed by atoms with Gasteiger partial charge >= 0.3 is 0 Å². The van der Waals surface area contributed by atoms with Crippen LogP contribution in [-0.4, -0.2) is 21.7 Å². The fourth-order valence-corrected chi connectivity index (χ4v) is 2.67. The molecule has 2 rings (SSSR count). The van der Waals surface area contributed by atoms with Crippen molar-refractivity contribution in [2.75, 3.05) is 5.75 Å². The number of rotatable bonds is 2. The minimum atomic E-state index is -0.138. The number of ketones is 1. The van der Waals surface area contributed by atoms with E-state index in [9.17, 15) is 4.79 Å². The predicted molar refractivity (Wildman–Crippen MR) is 53.4 cm³/mol. The van der Waals surface area contributed by atoms with Crippen molar-refractivity contribution in [2.45, 2.75) is 31.4 Å². The lowest BCUT2D eigenvalue weighted by atomic mass is 10.2. The first-order valence-electron chi connectivity index (χ1n) is 4.73. The van der Waals surface area contributed by atoms with E-state index in [-0.39, 0.29) is 11.6 Å². The molecule has 0 saturated carbocycles. The highest BCUT2D eigenvalue weighted by atomic mass is 32.2. The third-order valence-corrected chi connectivity index (χ3v) is 3.58. The molecular weight excluding hydrogens is 200 g/mol. The van der Waals surface area contributed by atoms with Crippen LogP contribution < -0.4 is 0 Å². The van der Waals surface area contributed by atoms with Crippen molar-refractivity contribution in [1.29, 1.82) is 0 Å². The normalized spacial score (nSPS) is 22.2. The van der Waals surface area contributed by atoms with Gasteiger partial charge in [0.05, 0.1) is 5.25 Å². The van der Waals surface area contributed by atoms with E-state index >= 15 is 0 Å². The Morgan fingerprint density at radius 1 is 1.57 bits per heavy atom. The maximum atomic E-state index is 10.9. The molecule has 1 aromatic heterocycles. The lowest BCUT2D eigenvalue weighted by Gasteiger charge is -2.16. The summed E-state index contributed by atoms with van der Waals surface area (Å²) in [7, 11) is 0. The molecule has 1 unspecified atom stereocenters. The topological polar surface area (TPSA) is 56.0 Å². The smallest absolute Gasteiger partial charge is 0.240 e. The molecule has 0 aliphatic carbocycles. The quantitative estimate of drug-likeness (QED) is 0.703. The number of thioether (sulfide) groups is 1. The van der Waals surface area contributed by atoms with E-state index in [1.807, 2.05) is 11.8 Å². The summed E-state index contributed by atoms with van der Waals surface area (Å²) in [5, 5.41) is 3.94. The van der Waals surface area contributed by atoms with Crippen molar-refractivity contribution in [3.8, 4) is 0 Å². The summed E-state index contributed by atoms with van der Waals surface area (Å²) in [6, 6.07) is 0. The highest BCUT2D eigenvalue weighted by molar-refractivity contribution is 7.99. The minimum absolute atomic E-state index is 0.138. The van der Waals surface area contributed by atoms with E-state index in [0.717, 1.165) is 12.2 Å². The van der Waals surface area contributed by atoms with E-state index in [1.54, 1.807) is 0 Å². The largest absolute Gasteiger partial charge is 0.338 e. The van der Waals surface area contributed by atoms with Crippen LogP contribution in [0.5, 0.6) is 0 Å². The van der Waals surface area contributed by atoms with Crippen LogP contribution in [0, 0.1) is 0 Å². The molecule has 0 aromatic carbocycles. The molecule has 1 saturated heterocycles. The van der Waals surface area contributed by atoms with E-state index < -0.39 is 0 Å².